The van der Waals surface area contributed by atoms with E-state index in [1.165, 1.54) is 19.1 Å². The van der Waals surface area contributed by atoms with E-state index in [1.807, 2.05) is 24.3 Å². The summed E-state index contributed by atoms with van der Waals surface area (Å²) in [6, 6.07) is 12.4. The van der Waals surface area contributed by atoms with Crippen LogP contribution in [0.2, 0.25) is 0 Å². The van der Waals surface area contributed by atoms with Crippen LogP contribution in [0.15, 0.2) is 42.5 Å². The maximum Gasteiger partial charge on any atom is 0.216 e. The Kier molecular flexibility index (Phi) is 6.45. The van der Waals surface area contributed by atoms with E-state index in [2.05, 4.69) is 5.32 Å². The molecule has 0 spiro atoms. The molecule has 0 saturated heterocycles. The second kappa shape index (κ2) is 9.00. The van der Waals surface area contributed by atoms with Gasteiger partial charge in [0.15, 0.2) is 0 Å². The molecule has 2 aromatic carbocycles. The topological polar surface area (TPSA) is 58.6 Å². The predicted molar refractivity (Wildman–Crippen MR) is 103 cm³/mol. The van der Waals surface area contributed by atoms with Gasteiger partial charge < -0.3 is 15.2 Å². The van der Waals surface area contributed by atoms with E-state index in [9.17, 15) is 14.3 Å². The first-order chi connectivity index (χ1) is 13.0. The van der Waals surface area contributed by atoms with E-state index in [-0.39, 0.29) is 23.9 Å². The molecule has 5 heteroatoms. The molecule has 0 atom stereocenters. The Morgan fingerprint density at radius 2 is 1.96 bits per heavy atom. The number of benzene rings is 2. The number of carbonyl (C=O) groups is 1. The Balaban J connectivity index is 1.82. The van der Waals surface area contributed by atoms with Crippen molar-refractivity contribution in [1.29, 1.82) is 0 Å². The molecule has 3 rings (SSSR count). The minimum atomic E-state index is -0.284. The molecule has 0 bridgehead atoms. The van der Waals surface area contributed by atoms with Crippen molar-refractivity contribution in [3.05, 3.63) is 53.8 Å². The molecule has 2 N–H and O–H groups in total. The lowest BCUT2D eigenvalue weighted by Crippen LogP contribution is -2.26. The van der Waals surface area contributed by atoms with Crippen molar-refractivity contribution in [3.63, 3.8) is 0 Å². The third-order valence-electron chi connectivity index (χ3n) is 4.93. The van der Waals surface area contributed by atoms with Crippen molar-refractivity contribution in [3.8, 4) is 16.9 Å². The molecule has 1 aliphatic carbocycles. The highest BCUT2D eigenvalue weighted by molar-refractivity contribution is 5.73. The molecule has 0 heterocycles. The van der Waals surface area contributed by atoms with E-state index >= 15 is 0 Å². The SMILES string of the molecule is CC(=O)NCCc1ccc(OC2CCC(O)CC2)cc1-c1cccc(F)c1. The zero-order valence-electron chi connectivity index (χ0n) is 15.6. The van der Waals surface area contributed by atoms with E-state index in [4.69, 9.17) is 4.74 Å². The maximum atomic E-state index is 13.7. The Bertz CT molecular complexity index is 785. The second-order valence-electron chi connectivity index (χ2n) is 7.11. The van der Waals surface area contributed by atoms with Crippen molar-refractivity contribution in [2.24, 2.45) is 0 Å². The van der Waals surface area contributed by atoms with Crippen LogP contribution in [-0.4, -0.2) is 29.8 Å². The van der Waals surface area contributed by atoms with Crippen LogP contribution < -0.4 is 10.1 Å². The molecule has 0 unspecified atom stereocenters. The van der Waals surface area contributed by atoms with Gasteiger partial charge in [0.05, 0.1) is 12.2 Å². The zero-order chi connectivity index (χ0) is 19.2. The molecule has 1 saturated carbocycles. The van der Waals surface area contributed by atoms with Crippen molar-refractivity contribution < 1.29 is 19.0 Å². The van der Waals surface area contributed by atoms with E-state index in [0.717, 1.165) is 48.1 Å². The van der Waals surface area contributed by atoms with Gasteiger partial charge in [-0.25, -0.2) is 4.39 Å². The average Bonchev–Trinajstić information content (AvgIpc) is 2.64. The smallest absolute Gasteiger partial charge is 0.216 e. The minimum absolute atomic E-state index is 0.0678. The Hall–Kier alpha value is -2.40. The largest absolute Gasteiger partial charge is 0.490 e. The molecule has 27 heavy (non-hydrogen) atoms. The van der Waals surface area contributed by atoms with Gasteiger partial charge in [-0.2, -0.15) is 0 Å². The highest BCUT2D eigenvalue weighted by Crippen LogP contribution is 2.31. The van der Waals surface area contributed by atoms with E-state index in [0.29, 0.717) is 13.0 Å². The number of nitrogens with one attached hydrogen (secondary N) is 1. The normalized spacial score (nSPS) is 19.5. The van der Waals surface area contributed by atoms with Gasteiger partial charge >= 0.3 is 0 Å². The quantitative estimate of drug-likeness (QED) is 0.811. The Morgan fingerprint density at radius 3 is 2.67 bits per heavy atom. The summed E-state index contributed by atoms with van der Waals surface area (Å²) in [6.45, 7) is 2.02. The summed E-state index contributed by atoms with van der Waals surface area (Å²) in [5, 5.41) is 12.4. The van der Waals surface area contributed by atoms with Crippen LogP contribution in [0.5, 0.6) is 5.75 Å². The Morgan fingerprint density at radius 1 is 1.19 bits per heavy atom. The lowest BCUT2D eigenvalue weighted by Gasteiger charge is -2.26. The van der Waals surface area contributed by atoms with Crippen LogP contribution in [0.25, 0.3) is 11.1 Å². The zero-order valence-corrected chi connectivity index (χ0v) is 15.6. The number of hydrogen-bond acceptors (Lipinski definition) is 3. The number of halogens is 1. The molecular weight excluding hydrogens is 345 g/mol. The molecule has 0 radical (unpaired) electrons. The van der Waals surface area contributed by atoms with Gasteiger partial charge in [-0.1, -0.05) is 18.2 Å². The first-order valence-corrected chi connectivity index (χ1v) is 9.49. The van der Waals surface area contributed by atoms with Crippen LogP contribution in [-0.2, 0) is 11.2 Å². The molecule has 0 aliphatic heterocycles. The fraction of sp³-hybridized carbons (Fsp3) is 0.409. The van der Waals surface area contributed by atoms with Crippen LogP contribution in [0.3, 0.4) is 0 Å². The number of aliphatic hydroxyl groups is 1. The number of ether oxygens (including phenoxy) is 1. The number of hydrogen-bond donors (Lipinski definition) is 2. The summed E-state index contributed by atoms with van der Waals surface area (Å²) in [5.41, 5.74) is 2.73. The van der Waals surface area contributed by atoms with Crippen molar-refractivity contribution in [1.82, 2.24) is 5.32 Å². The first kappa shape index (κ1) is 19.4. The molecular formula is C22H26FNO3. The monoisotopic (exact) mass is 371 g/mol. The first-order valence-electron chi connectivity index (χ1n) is 9.49. The van der Waals surface area contributed by atoms with Crippen LogP contribution in [0.4, 0.5) is 4.39 Å². The molecule has 1 aliphatic rings. The summed E-state index contributed by atoms with van der Waals surface area (Å²) in [7, 11) is 0. The number of carbonyl (C=O) groups excluding carboxylic acids is 1. The average molecular weight is 371 g/mol. The number of amides is 1. The molecule has 144 valence electrons. The summed E-state index contributed by atoms with van der Waals surface area (Å²) < 4.78 is 19.9. The third kappa shape index (κ3) is 5.54. The fourth-order valence-electron chi connectivity index (χ4n) is 3.50. The third-order valence-corrected chi connectivity index (χ3v) is 4.93. The summed E-state index contributed by atoms with van der Waals surface area (Å²) >= 11 is 0. The van der Waals surface area contributed by atoms with E-state index < -0.39 is 0 Å². The lowest BCUT2D eigenvalue weighted by molar-refractivity contribution is -0.118. The van der Waals surface area contributed by atoms with Crippen molar-refractivity contribution in [2.45, 2.75) is 51.2 Å². The molecule has 1 amide bonds. The second-order valence-corrected chi connectivity index (χ2v) is 7.11. The van der Waals surface area contributed by atoms with Gasteiger partial charge in [0.25, 0.3) is 0 Å². The van der Waals surface area contributed by atoms with Gasteiger partial charge in [0, 0.05) is 13.5 Å². The highest BCUT2D eigenvalue weighted by atomic mass is 19.1. The van der Waals surface area contributed by atoms with Gasteiger partial charge in [-0.3, -0.25) is 4.79 Å². The van der Waals surface area contributed by atoms with E-state index in [1.54, 1.807) is 6.07 Å². The molecule has 2 aromatic rings. The standard InChI is InChI=1S/C22H26FNO3/c1-15(25)24-12-11-16-5-8-21(27-20-9-6-19(26)7-10-20)14-22(16)17-3-2-4-18(23)13-17/h2-5,8,13-14,19-20,26H,6-7,9-12H2,1H3,(H,24,25). The molecule has 0 aromatic heterocycles. The predicted octanol–water partition coefficient (Wildman–Crippen LogP) is 3.85. The van der Waals surface area contributed by atoms with Gasteiger partial charge in [-0.15, -0.1) is 0 Å². The number of aliphatic hydroxyl groups excluding tert-OH is 1. The van der Waals surface area contributed by atoms with Crippen molar-refractivity contribution in [2.75, 3.05) is 6.54 Å². The minimum Gasteiger partial charge on any atom is -0.490 e. The number of rotatable bonds is 6. The Labute approximate surface area is 159 Å². The van der Waals surface area contributed by atoms with Crippen LogP contribution >= 0.6 is 0 Å². The summed E-state index contributed by atoms with van der Waals surface area (Å²) in [4.78, 5) is 11.1. The fourth-order valence-corrected chi connectivity index (χ4v) is 3.50. The maximum absolute atomic E-state index is 13.7. The van der Waals surface area contributed by atoms with Crippen LogP contribution in [0.1, 0.15) is 38.2 Å². The molecule has 1 fully saturated rings. The van der Waals surface area contributed by atoms with Crippen molar-refractivity contribution >= 4 is 5.91 Å². The van der Waals surface area contributed by atoms with Gasteiger partial charge in [0.1, 0.15) is 11.6 Å². The van der Waals surface area contributed by atoms with Gasteiger partial charge in [-0.05, 0) is 73.1 Å². The van der Waals surface area contributed by atoms with Gasteiger partial charge in [0.2, 0.25) is 5.91 Å². The molecule has 4 nitrogen and oxygen atoms in total. The summed E-state index contributed by atoms with van der Waals surface area (Å²) in [5.74, 6) is 0.397. The van der Waals surface area contributed by atoms with Crippen LogP contribution in [0, 0.1) is 5.82 Å². The highest BCUT2D eigenvalue weighted by Gasteiger charge is 2.21. The lowest BCUT2D eigenvalue weighted by atomic mass is 9.94. The summed E-state index contributed by atoms with van der Waals surface area (Å²) in [6.07, 6.45) is 3.72.